The second kappa shape index (κ2) is 52.3. The zero-order valence-corrected chi connectivity index (χ0v) is 48.2. The average Bonchev–Trinajstić information content (AvgIpc) is 3.42. The minimum Gasteiger partial charge on any atom is -0.479 e. The van der Waals surface area contributed by atoms with Gasteiger partial charge in [0, 0.05) is 19.3 Å². The number of aliphatic carboxylic acids is 1. The number of hydrogen-bond acceptors (Lipinski definition) is 11. The van der Waals surface area contributed by atoms with Gasteiger partial charge in [-0.1, -0.05) is 201 Å². The van der Waals surface area contributed by atoms with Gasteiger partial charge in [-0.3, -0.25) is 14.4 Å². The second-order valence-corrected chi connectivity index (χ2v) is 20.2. The van der Waals surface area contributed by atoms with Gasteiger partial charge in [0.1, 0.15) is 18.8 Å². The molecule has 1 heterocycles. The van der Waals surface area contributed by atoms with Crippen LogP contribution in [0.5, 0.6) is 0 Å². The Morgan fingerprint density at radius 2 is 0.818 bits per heavy atom. The van der Waals surface area contributed by atoms with Crippen LogP contribution < -0.4 is 0 Å². The van der Waals surface area contributed by atoms with E-state index in [1.807, 2.05) is 0 Å². The van der Waals surface area contributed by atoms with Crippen molar-refractivity contribution in [2.75, 3.05) is 13.2 Å². The topological polar surface area (TPSA) is 175 Å². The van der Waals surface area contributed by atoms with Crippen LogP contribution in [0.4, 0.5) is 0 Å². The minimum atomic E-state index is -1.92. The van der Waals surface area contributed by atoms with Crippen LogP contribution in [0.25, 0.3) is 0 Å². The molecular formula is C65H106O12. The Hall–Kier alpha value is -4.36. The lowest BCUT2D eigenvalue weighted by molar-refractivity contribution is -0.301. The van der Waals surface area contributed by atoms with Crippen LogP contribution in [0.1, 0.15) is 239 Å². The number of aliphatic hydroxyl groups excluding tert-OH is 2. The van der Waals surface area contributed by atoms with Crippen molar-refractivity contribution in [1.29, 1.82) is 0 Å². The maximum Gasteiger partial charge on any atom is 0.335 e. The summed E-state index contributed by atoms with van der Waals surface area (Å²) in [5.41, 5.74) is 0. The first-order valence-electron chi connectivity index (χ1n) is 30.2. The Kier molecular flexibility index (Phi) is 48.0. The third kappa shape index (κ3) is 42.3. The zero-order chi connectivity index (χ0) is 56.1. The van der Waals surface area contributed by atoms with Gasteiger partial charge in [-0.2, -0.15) is 0 Å². The Bertz CT molecular complexity index is 1710. The molecule has 12 nitrogen and oxygen atoms in total. The predicted octanol–water partition coefficient (Wildman–Crippen LogP) is 15.7. The number of aliphatic hydroxyl groups is 2. The first-order chi connectivity index (χ1) is 37.6. The van der Waals surface area contributed by atoms with E-state index in [4.69, 9.17) is 23.7 Å². The lowest BCUT2D eigenvalue weighted by Gasteiger charge is -2.40. The molecule has 6 unspecified atom stereocenters. The fourth-order valence-corrected chi connectivity index (χ4v) is 8.54. The van der Waals surface area contributed by atoms with Gasteiger partial charge in [-0.05, 0) is 116 Å². The Balaban J connectivity index is 2.72. The van der Waals surface area contributed by atoms with Crippen molar-refractivity contribution in [3.05, 3.63) is 97.2 Å². The zero-order valence-electron chi connectivity index (χ0n) is 48.2. The van der Waals surface area contributed by atoms with E-state index in [-0.39, 0.29) is 25.9 Å². The summed E-state index contributed by atoms with van der Waals surface area (Å²) >= 11 is 0. The Morgan fingerprint density at radius 1 is 0.442 bits per heavy atom. The van der Waals surface area contributed by atoms with E-state index >= 15 is 0 Å². The molecule has 1 aliphatic rings. The summed E-state index contributed by atoms with van der Waals surface area (Å²) in [5, 5.41) is 31.5. The third-order valence-electron chi connectivity index (χ3n) is 13.1. The summed E-state index contributed by atoms with van der Waals surface area (Å²) < 4.78 is 28.4. The lowest BCUT2D eigenvalue weighted by atomic mass is 9.98. The highest BCUT2D eigenvalue weighted by Gasteiger charge is 2.50. The SMILES string of the molecule is CC/C=C\C/C=C\C/C=C\C/C=C\CCCCCCC(=O)OCC(COC1OC(C(=O)O)C(O)C(O)C1OC(=O)CCCCCCC/C=C\CCCCCCCC)OC(=O)CCCCCCC/C=C\C/C=C\C/C=C\CC. The van der Waals surface area contributed by atoms with E-state index < -0.39 is 67.3 Å². The number of esters is 3. The van der Waals surface area contributed by atoms with Crippen molar-refractivity contribution in [1.82, 2.24) is 0 Å². The number of carboxylic acids is 1. The molecule has 0 amide bonds. The molecule has 0 saturated carbocycles. The van der Waals surface area contributed by atoms with Gasteiger partial charge in [0.2, 0.25) is 0 Å². The quantitative estimate of drug-likeness (QED) is 0.0228. The standard InChI is InChI=1S/C65H106O12/c1-4-7-10-13-16-19-22-25-28-29-32-33-36-39-42-45-48-51-57(66)73-54-56(75-58(67)52-49-46-43-40-37-34-30-26-23-20-17-14-11-8-5-2)55-74-65-63(61(70)60(69)62(77-65)64(71)72)76-59(68)53-50-47-44-41-38-35-31-27-24-21-18-15-12-9-6-3/h7-8,10-11,16-17,19-20,25-28,30-33,56,60-63,65,69-70H,4-6,9,12-15,18,21-24,29,34-55H2,1-3H3,(H,71,72)/b10-7-,11-8-,19-16-,20-17-,28-25-,30-26-,31-27-,33-32-. The maximum absolute atomic E-state index is 13.2. The highest BCUT2D eigenvalue weighted by Crippen LogP contribution is 2.26. The van der Waals surface area contributed by atoms with Gasteiger partial charge in [-0.15, -0.1) is 0 Å². The number of ether oxygens (including phenoxy) is 5. The van der Waals surface area contributed by atoms with E-state index in [0.717, 1.165) is 141 Å². The van der Waals surface area contributed by atoms with Crippen molar-refractivity contribution < 1.29 is 58.2 Å². The van der Waals surface area contributed by atoms with Crippen LogP contribution in [-0.4, -0.2) is 89.2 Å². The summed E-state index contributed by atoms with van der Waals surface area (Å²) in [7, 11) is 0. The van der Waals surface area contributed by atoms with Crippen LogP contribution in [0.15, 0.2) is 97.2 Å². The van der Waals surface area contributed by atoms with E-state index in [2.05, 4.69) is 118 Å². The Labute approximate surface area is 466 Å². The van der Waals surface area contributed by atoms with Crippen molar-refractivity contribution in [2.45, 2.75) is 276 Å². The molecule has 0 aliphatic carbocycles. The van der Waals surface area contributed by atoms with Crippen molar-refractivity contribution in [3.8, 4) is 0 Å². The fourth-order valence-electron chi connectivity index (χ4n) is 8.54. The number of carbonyl (C=O) groups is 4. The van der Waals surface area contributed by atoms with Crippen LogP contribution in [0, 0.1) is 0 Å². The van der Waals surface area contributed by atoms with E-state index in [9.17, 15) is 34.5 Å². The summed E-state index contributed by atoms with van der Waals surface area (Å²) in [5.74, 6) is -3.19. The molecular weight excluding hydrogens is 973 g/mol. The predicted molar refractivity (Wildman–Crippen MR) is 312 cm³/mol. The molecule has 0 aromatic heterocycles. The van der Waals surface area contributed by atoms with E-state index in [1.165, 1.54) is 38.5 Å². The molecule has 0 spiro atoms. The molecule has 0 aromatic carbocycles. The molecule has 12 heteroatoms. The number of rotatable bonds is 50. The molecule has 438 valence electrons. The first kappa shape index (κ1) is 70.7. The lowest BCUT2D eigenvalue weighted by Crippen LogP contribution is -2.61. The molecule has 6 atom stereocenters. The minimum absolute atomic E-state index is 0.0422. The van der Waals surface area contributed by atoms with Gasteiger partial charge in [-0.25, -0.2) is 4.79 Å². The van der Waals surface area contributed by atoms with Crippen molar-refractivity contribution in [3.63, 3.8) is 0 Å². The normalized spacial score (nSPS) is 18.7. The van der Waals surface area contributed by atoms with Gasteiger partial charge in [0.15, 0.2) is 24.6 Å². The Morgan fingerprint density at radius 3 is 1.26 bits per heavy atom. The summed E-state index contributed by atoms with van der Waals surface area (Å²) in [4.78, 5) is 51.2. The molecule has 1 fully saturated rings. The smallest absolute Gasteiger partial charge is 0.335 e. The number of carbonyl (C=O) groups excluding carboxylic acids is 3. The maximum atomic E-state index is 13.2. The monoisotopic (exact) mass is 1080 g/mol. The largest absolute Gasteiger partial charge is 0.479 e. The number of unbranched alkanes of at least 4 members (excludes halogenated alkanes) is 20. The van der Waals surface area contributed by atoms with Gasteiger partial charge in [0.25, 0.3) is 0 Å². The van der Waals surface area contributed by atoms with E-state index in [0.29, 0.717) is 19.3 Å². The number of hydrogen-bond donors (Lipinski definition) is 3. The summed E-state index contributed by atoms with van der Waals surface area (Å²) in [6, 6.07) is 0. The van der Waals surface area contributed by atoms with Crippen molar-refractivity contribution in [2.24, 2.45) is 0 Å². The molecule has 1 saturated heterocycles. The van der Waals surface area contributed by atoms with Crippen LogP contribution in [0.3, 0.4) is 0 Å². The van der Waals surface area contributed by atoms with E-state index in [1.54, 1.807) is 0 Å². The molecule has 0 radical (unpaired) electrons. The van der Waals surface area contributed by atoms with Crippen LogP contribution in [-0.2, 0) is 42.9 Å². The van der Waals surface area contributed by atoms with Gasteiger partial charge in [0.05, 0.1) is 6.61 Å². The number of allylic oxidation sites excluding steroid dienone is 16. The van der Waals surface area contributed by atoms with Crippen LogP contribution >= 0.6 is 0 Å². The molecule has 77 heavy (non-hydrogen) atoms. The fraction of sp³-hybridized carbons (Fsp3) is 0.692. The number of carboxylic acid groups (broad SMARTS) is 1. The molecule has 1 rings (SSSR count). The molecule has 0 aromatic rings. The second-order valence-electron chi connectivity index (χ2n) is 20.2. The van der Waals surface area contributed by atoms with Gasteiger partial charge < -0.3 is 39.0 Å². The van der Waals surface area contributed by atoms with Gasteiger partial charge >= 0.3 is 23.9 Å². The summed E-state index contributed by atoms with van der Waals surface area (Å²) in [6.45, 7) is 5.72. The highest BCUT2D eigenvalue weighted by molar-refractivity contribution is 5.74. The first-order valence-corrected chi connectivity index (χ1v) is 30.2. The molecule has 1 aliphatic heterocycles. The average molecular weight is 1080 g/mol. The summed E-state index contributed by atoms with van der Waals surface area (Å²) in [6.07, 6.45) is 56.5. The van der Waals surface area contributed by atoms with Crippen LogP contribution in [0.2, 0.25) is 0 Å². The van der Waals surface area contributed by atoms with Crippen molar-refractivity contribution >= 4 is 23.9 Å². The third-order valence-corrected chi connectivity index (χ3v) is 13.1. The molecule has 0 bridgehead atoms. The highest BCUT2D eigenvalue weighted by atomic mass is 16.7. The molecule has 3 N–H and O–H groups in total.